The number of para-hydroxylation sites is 2. The standard InChI is InChI=1S/C19H17N5O2/c1-23-11-10-20-18(23)12-26-15-8-6-14(7-9-15)19(25)22-24-13-21-16-4-2-3-5-17(16)24/h2-11,13H,12H2,1H3,(H,22,25). The number of carbonyl (C=O) groups is 1. The summed E-state index contributed by atoms with van der Waals surface area (Å²) in [5.74, 6) is 1.29. The Kier molecular flexibility index (Phi) is 4.10. The van der Waals surface area contributed by atoms with E-state index in [9.17, 15) is 4.79 Å². The van der Waals surface area contributed by atoms with Gasteiger partial charge in [-0.25, -0.2) is 14.6 Å². The summed E-state index contributed by atoms with van der Waals surface area (Å²) in [7, 11) is 1.92. The highest BCUT2D eigenvalue weighted by molar-refractivity contribution is 6.00. The number of rotatable bonds is 5. The van der Waals surface area contributed by atoms with Crippen LogP contribution in [0.2, 0.25) is 0 Å². The van der Waals surface area contributed by atoms with Crippen molar-refractivity contribution < 1.29 is 9.53 Å². The van der Waals surface area contributed by atoms with E-state index in [0.717, 1.165) is 16.9 Å². The average molecular weight is 347 g/mol. The third-order valence-corrected chi connectivity index (χ3v) is 4.08. The Hall–Kier alpha value is -3.61. The largest absolute Gasteiger partial charge is 0.486 e. The number of amides is 1. The molecule has 7 heteroatoms. The molecule has 0 spiro atoms. The third-order valence-electron chi connectivity index (χ3n) is 4.08. The van der Waals surface area contributed by atoms with Crippen molar-refractivity contribution in [1.82, 2.24) is 19.2 Å². The highest BCUT2D eigenvalue weighted by atomic mass is 16.5. The van der Waals surface area contributed by atoms with Gasteiger partial charge in [0.25, 0.3) is 5.91 Å². The molecule has 26 heavy (non-hydrogen) atoms. The monoisotopic (exact) mass is 347 g/mol. The molecular weight excluding hydrogens is 330 g/mol. The highest BCUT2D eigenvalue weighted by Gasteiger charge is 2.09. The lowest BCUT2D eigenvalue weighted by molar-refractivity contribution is 0.101. The van der Waals surface area contributed by atoms with Gasteiger partial charge in [0.1, 0.15) is 24.5 Å². The lowest BCUT2D eigenvalue weighted by Crippen LogP contribution is -2.21. The molecule has 0 radical (unpaired) electrons. The maximum Gasteiger partial charge on any atom is 0.270 e. The van der Waals surface area contributed by atoms with E-state index in [-0.39, 0.29) is 5.91 Å². The maximum absolute atomic E-state index is 12.4. The first kappa shape index (κ1) is 15.9. The number of imidazole rings is 2. The molecule has 130 valence electrons. The molecule has 0 unspecified atom stereocenters. The molecule has 0 aliphatic heterocycles. The number of benzene rings is 2. The molecule has 4 aromatic rings. The first-order valence-electron chi connectivity index (χ1n) is 8.13. The zero-order valence-corrected chi connectivity index (χ0v) is 14.2. The van der Waals surface area contributed by atoms with E-state index in [2.05, 4.69) is 15.4 Å². The van der Waals surface area contributed by atoms with E-state index >= 15 is 0 Å². The SMILES string of the molecule is Cn1ccnc1COc1ccc(C(=O)Nn2cnc3ccccc32)cc1. The molecule has 0 aliphatic rings. The maximum atomic E-state index is 12.4. The molecule has 0 atom stereocenters. The normalized spacial score (nSPS) is 10.8. The zero-order chi connectivity index (χ0) is 17.9. The molecule has 0 saturated heterocycles. The Balaban J connectivity index is 1.43. The minimum absolute atomic E-state index is 0.219. The van der Waals surface area contributed by atoms with Crippen molar-refractivity contribution >= 4 is 16.9 Å². The van der Waals surface area contributed by atoms with Crippen LogP contribution in [0.15, 0.2) is 67.3 Å². The second-order valence-corrected chi connectivity index (χ2v) is 5.81. The fourth-order valence-electron chi connectivity index (χ4n) is 2.61. The molecule has 1 N–H and O–H groups in total. The number of nitrogens with one attached hydrogen (secondary N) is 1. The molecule has 2 aromatic carbocycles. The van der Waals surface area contributed by atoms with Crippen LogP contribution in [0.25, 0.3) is 11.0 Å². The first-order valence-corrected chi connectivity index (χ1v) is 8.13. The summed E-state index contributed by atoms with van der Waals surface area (Å²) < 4.78 is 9.21. The van der Waals surface area contributed by atoms with Crippen molar-refractivity contribution in [1.29, 1.82) is 0 Å². The van der Waals surface area contributed by atoms with Crippen molar-refractivity contribution in [2.75, 3.05) is 5.43 Å². The van der Waals surface area contributed by atoms with Crippen LogP contribution in [0, 0.1) is 0 Å². The van der Waals surface area contributed by atoms with Gasteiger partial charge in [-0.05, 0) is 36.4 Å². The molecule has 2 aromatic heterocycles. The second-order valence-electron chi connectivity index (χ2n) is 5.81. The third kappa shape index (κ3) is 3.14. The summed E-state index contributed by atoms with van der Waals surface area (Å²) in [6, 6.07) is 14.6. The minimum Gasteiger partial charge on any atom is -0.486 e. The van der Waals surface area contributed by atoms with Gasteiger partial charge in [-0.1, -0.05) is 12.1 Å². The molecule has 1 amide bonds. The Bertz CT molecular complexity index is 1050. The smallest absolute Gasteiger partial charge is 0.270 e. The van der Waals surface area contributed by atoms with Crippen molar-refractivity contribution in [3.8, 4) is 5.75 Å². The number of aromatic nitrogens is 4. The van der Waals surface area contributed by atoms with E-state index in [0.29, 0.717) is 17.9 Å². The van der Waals surface area contributed by atoms with Gasteiger partial charge in [0.05, 0.1) is 11.0 Å². The second kappa shape index (κ2) is 6.72. The Morgan fingerprint density at radius 3 is 2.69 bits per heavy atom. The van der Waals surface area contributed by atoms with E-state index in [1.54, 1.807) is 41.5 Å². The van der Waals surface area contributed by atoms with Gasteiger partial charge < -0.3 is 9.30 Å². The summed E-state index contributed by atoms with van der Waals surface area (Å²) in [6.07, 6.45) is 5.19. The summed E-state index contributed by atoms with van der Waals surface area (Å²) in [6.45, 7) is 0.371. The number of carbonyl (C=O) groups excluding carboxylic acids is 1. The van der Waals surface area contributed by atoms with Crippen LogP contribution < -0.4 is 10.2 Å². The van der Waals surface area contributed by atoms with Crippen LogP contribution >= 0.6 is 0 Å². The van der Waals surface area contributed by atoms with Crippen LogP contribution in [0.5, 0.6) is 5.75 Å². The molecule has 0 bridgehead atoms. The lowest BCUT2D eigenvalue weighted by atomic mass is 10.2. The molecule has 7 nitrogen and oxygen atoms in total. The van der Waals surface area contributed by atoms with Gasteiger partial charge in [0, 0.05) is 25.0 Å². The molecule has 0 fully saturated rings. The number of fused-ring (bicyclic) bond motifs is 1. The van der Waals surface area contributed by atoms with Crippen LogP contribution in [0.4, 0.5) is 0 Å². The van der Waals surface area contributed by atoms with Gasteiger partial charge >= 0.3 is 0 Å². The average Bonchev–Trinajstić information content (AvgIpc) is 3.27. The first-order chi connectivity index (χ1) is 12.7. The minimum atomic E-state index is -0.219. The molecule has 0 aliphatic carbocycles. The highest BCUT2D eigenvalue weighted by Crippen LogP contribution is 2.15. The quantitative estimate of drug-likeness (QED) is 0.602. The molecular formula is C19H17N5O2. The number of hydrogen-bond donors (Lipinski definition) is 1. The van der Waals surface area contributed by atoms with Crippen LogP contribution in [0.3, 0.4) is 0 Å². The Labute approximate surface area is 149 Å². The number of ether oxygens (including phenoxy) is 1. The van der Waals surface area contributed by atoms with Gasteiger partial charge in [0.2, 0.25) is 0 Å². The van der Waals surface area contributed by atoms with Crippen LogP contribution in [-0.2, 0) is 13.7 Å². The van der Waals surface area contributed by atoms with Crippen molar-refractivity contribution in [2.24, 2.45) is 7.05 Å². The summed E-state index contributed by atoms with van der Waals surface area (Å²) in [4.78, 5) is 20.9. The van der Waals surface area contributed by atoms with E-state index < -0.39 is 0 Å². The van der Waals surface area contributed by atoms with Crippen molar-refractivity contribution in [2.45, 2.75) is 6.61 Å². The van der Waals surface area contributed by atoms with E-state index in [1.165, 1.54) is 0 Å². The van der Waals surface area contributed by atoms with Gasteiger partial charge in [-0.3, -0.25) is 10.2 Å². The van der Waals surface area contributed by atoms with Crippen molar-refractivity contribution in [3.63, 3.8) is 0 Å². The van der Waals surface area contributed by atoms with Gasteiger partial charge in [0.15, 0.2) is 0 Å². The molecule has 2 heterocycles. The summed E-state index contributed by atoms with van der Waals surface area (Å²) >= 11 is 0. The van der Waals surface area contributed by atoms with Crippen LogP contribution in [0.1, 0.15) is 16.2 Å². The number of hydrogen-bond acceptors (Lipinski definition) is 4. The number of aryl methyl sites for hydroxylation is 1. The Morgan fingerprint density at radius 2 is 1.92 bits per heavy atom. The summed E-state index contributed by atoms with van der Waals surface area (Å²) in [5, 5.41) is 0. The Morgan fingerprint density at radius 1 is 1.12 bits per heavy atom. The van der Waals surface area contributed by atoms with Crippen LogP contribution in [-0.4, -0.2) is 25.1 Å². The van der Waals surface area contributed by atoms with E-state index in [1.807, 2.05) is 42.1 Å². The predicted octanol–water partition coefficient (Wildman–Crippen LogP) is 2.73. The topological polar surface area (TPSA) is 74.0 Å². The molecule has 4 rings (SSSR count). The number of nitrogens with zero attached hydrogens (tertiary/aromatic N) is 4. The fraction of sp³-hybridized carbons (Fsp3) is 0.105. The zero-order valence-electron chi connectivity index (χ0n) is 14.2. The lowest BCUT2D eigenvalue weighted by Gasteiger charge is -2.09. The summed E-state index contributed by atoms with van der Waals surface area (Å²) in [5.41, 5.74) is 5.03. The predicted molar refractivity (Wildman–Crippen MR) is 97.4 cm³/mol. The van der Waals surface area contributed by atoms with Gasteiger partial charge in [-0.15, -0.1) is 0 Å². The fourth-order valence-corrected chi connectivity index (χ4v) is 2.61. The van der Waals surface area contributed by atoms with Gasteiger partial charge in [-0.2, -0.15) is 0 Å². The van der Waals surface area contributed by atoms with E-state index in [4.69, 9.17) is 4.74 Å². The van der Waals surface area contributed by atoms with Crippen molar-refractivity contribution in [3.05, 3.63) is 78.6 Å². The molecule has 0 saturated carbocycles.